The second-order valence-electron chi connectivity index (χ2n) is 4.97. The van der Waals surface area contributed by atoms with Gasteiger partial charge in [0.1, 0.15) is 17.6 Å². The van der Waals surface area contributed by atoms with Crippen LogP contribution in [-0.4, -0.2) is 15.9 Å². The van der Waals surface area contributed by atoms with Gasteiger partial charge in [-0.3, -0.25) is 10.1 Å². The number of hydrogen-bond donors (Lipinski definition) is 1. The molecule has 0 aromatic carbocycles. The molecule has 1 saturated carbocycles. The fourth-order valence-electron chi connectivity index (χ4n) is 2.17. The molecule has 8 heteroatoms. The van der Waals surface area contributed by atoms with E-state index in [0.29, 0.717) is 18.2 Å². The molecule has 1 unspecified atom stereocenters. The van der Waals surface area contributed by atoms with Gasteiger partial charge in [0.25, 0.3) is 0 Å². The molecule has 1 N–H and O–H groups in total. The van der Waals surface area contributed by atoms with Crippen LogP contribution in [0.25, 0.3) is 0 Å². The second kappa shape index (κ2) is 5.26. The molecular weight excluding hydrogens is 275 g/mol. The normalized spacial score (nSPS) is 17.4. The Morgan fingerprint density at radius 1 is 1.50 bits per heavy atom. The fourth-order valence-corrected chi connectivity index (χ4v) is 2.17. The third kappa shape index (κ3) is 3.00. The standard InChI is InChI=1S/C12H14F3N3O2/c1-7(8-3-2-4-8)17-9-5-11(12(13,14)15)16-6-10(9)18(19)20/h5-8H,2-4H2,1H3,(H,16,17). The lowest BCUT2D eigenvalue weighted by atomic mass is 9.80. The number of alkyl halides is 3. The van der Waals surface area contributed by atoms with Crippen LogP contribution < -0.4 is 5.32 Å². The van der Waals surface area contributed by atoms with Gasteiger partial charge in [-0.15, -0.1) is 0 Å². The number of nitrogens with zero attached hydrogens (tertiary/aromatic N) is 2. The number of rotatable bonds is 4. The lowest BCUT2D eigenvalue weighted by molar-refractivity contribution is -0.384. The van der Waals surface area contributed by atoms with Crippen molar-refractivity contribution in [1.82, 2.24) is 4.98 Å². The summed E-state index contributed by atoms with van der Waals surface area (Å²) >= 11 is 0. The number of nitro groups is 1. The summed E-state index contributed by atoms with van der Waals surface area (Å²) in [6, 6.07) is 0.596. The molecule has 1 aliphatic rings. The molecule has 2 rings (SSSR count). The van der Waals surface area contributed by atoms with Gasteiger partial charge >= 0.3 is 11.9 Å². The summed E-state index contributed by atoms with van der Waals surface area (Å²) in [7, 11) is 0. The summed E-state index contributed by atoms with van der Waals surface area (Å²) < 4.78 is 37.8. The van der Waals surface area contributed by atoms with Crippen LogP contribution in [0, 0.1) is 16.0 Å². The van der Waals surface area contributed by atoms with Crippen LogP contribution in [-0.2, 0) is 6.18 Å². The van der Waals surface area contributed by atoms with Gasteiger partial charge in [0.05, 0.1) is 4.92 Å². The van der Waals surface area contributed by atoms with Crippen molar-refractivity contribution < 1.29 is 18.1 Å². The molecule has 0 aliphatic heterocycles. The predicted octanol–water partition coefficient (Wildman–Crippen LogP) is 3.61. The largest absolute Gasteiger partial charge is 0.433 e. The van der Waals surface area contributed by atoms with Crippen molar-refractivity contribution in [3.05, 3.63) is 28.1 Å². The maximum Gasteiger partial charge on any atom is 0.433 e. The molecular formula is C12H14F3N3O2. The van der Waals surface area contributed by atoms with Crippen LogP contribution in [0.1, 0.15) is 31.9 Å². The maximum atomic E-state index is 12.6. The predicted molar refractivity (Wildman–Crippen MR) is 66.3 cm³/mol. The molecule has 0 saturated heterocycles. The summed E-state index contributed by atoms with van der Waals surface area (Å²) in [5.41, 5.74) is -1.70. The Bertz CT molecular complexity index is 515. The lowest BCUT2D eigenvalue weighted by Crippen LogP contribution is -2.31. The van der Waals surface area contributed by atoms with Crippen molar-refractivity contribution >= 4 is 11.4 Å². The highest BCUT2D eigenvalue weighted by Crippen LogP contribution is 2.36. The minimum atomic E-state index is -4.62. The zero-order chi connectivity index (χ0) is 14.9. The Hall–Kier alpha value is -1.86. The van der Waals surface area contributed by atoms with Gasteiger partial charge in [-0.2, -0.15) is 13.2 Å². The summed E-state index contributed by atoms with van der Waals surface area (Å²) in [5.74, 6) is 0.345. The van der Waals surface area contributed by atoms with E-state index in [0.717, 1.165) is 19.3 Å². The number of hydrogen-bond acceptors (Lipinski definition) is 4. The monoisotopic (exact) mass is 289 g/mol. The minimum Gasteiger partial charge on any atom is -0.377 e. The third-order valence-corrected chi connectivity index (χ3v) is 3.61. The average Bonchev–Trinajstić information content (AvgIpc) is 2.24. The van der Waals surface area contributed by atoms with Crippen molar-refractivity contribution in [2.75, 3.05) is 5.32 Å². The number of pyridine rings is 1. The van der Waals surface area contributed by atoms with Crippen LogP contribution in [0.15, 0.2) is 12.3 Å². The smallest absolute Gasteiger partial charge is 0.377 e. The highest BCUT2D eigenvalue weighted by atomic mass is 19.4. The van der Waals surface area contributed by atoms with Crippen molar-refractivity contribution in [3.8, 4) is 0 Å². The van der Waals surface area contributed by atoms with Crippen molar-refractivity contribution in [3.63, 3.8) is 0 Å². The van der Waals surface area contributed by atoms with E-state index in [1.165, 1.54) is 0 Å². The van der Waals surface area contributed by atoms with Crippen molar-refractivity contribution in [2.24, 2.45) is 5.92 Å². The van der Waals surface area contributed by atoms with Gasteiger partial charge in [0.15, 0.2) is 0 Å². The maximum absolute atomic E-state index is 12.6. The second-order valence-corrected chi connectivity index (χ2v) is 4.97. The van der Waals surface area contributed by atoms with Crippen LogP contribution in [0.5, 0.6) is 0 Å². The van der Waals surface area contributed by atoms with Crippen LogP contribution in [0.3, 0.4) is 0 Å². The van der Waals surface area contributed by atoms with Gasteiger partial charge in [-0.25, -0.2) is 4.98 Å². The van der Waals surface area contributed by atoms with Gasteiger partial charge in [0.2, 0.25) is 0 Å². The molecule has 0 amide bonds. The Labute approximate surface area is 113 Å². The molecule has 1 heterocycles. The fraction of sp³-hybridized carbons (Fsp3) is 0.583. The van der Waals surface area contributed by atoms with E-state index < -0.39 is 22.5 Å². The zero-order valence-corrected chi connectivity index (χ0v) is 10.8. The SMILES string of the molecule is CC(Nc1cc(C(F)(F)F)ncc1[N+](=O)[O-])C1CCC1. The molecule has 0 radical (unpaired) electrons. The van der Waals surface area contributed by atoms with Gasteiger partial charge in [-0.05, 0) is 31.7 Å². The van der Waals surface area contributed by atoms with E-state index >= 15 is 0 Å². The van der Waals surface area contributed by atoms with Crippen LogP contribution in [0.2, 0.25) is 0 Å². The molecule has 0 bridgehead atoms. The van der Waals surface area contributed by atoms with Gasteiger partial charge < -0.3 is 5.32 Å². The number of aromatic nitrogens is 1. The Balaban J connectivity index is 2.29. The molecule has 0 spiro atoms. The number of anilines is 1. The van der Waals surface area contributed by atoms with Crippen LogP contribution >= 0.6 is 0 Å². The van der Waals surface area contributed by atoms with E-state index in [1.807, 2.05) is 6.92 Å². The Morgan fingerprint density at radius 3 is 2.60 bits per heavy atom. The lowest BCUT2D eigenvalue weighted by Gasteiger charge is -2.32. The van der Waals surface area contributed by atoms with E-state index in [1.54, 1.807) is 0 Å². The van der Waals surface area contributed by atoms with E-state index in [2.05, 4.69) is 10.3 Å². The molecule has 110 valence electrons. The Kier molecular flexibility index (Phi) is 3.82. The van der Waals surface area contributed by atoms with Crippen LogP contribution in [0.4, 0.5) is 24.5 Å². The minimum absolute atomic E-state index is 0.106. The molecule has 1 aromatic heterocycles. The van der Waals surface area contributed by atoms with E-state index in [4.69, 9.17) is 0 Å². The first-order valence-corrected chi connectivity index (χ1v) is 6.27. The number of nitrogens with one attached hydrogen (secondary N) is 1. The highest BCUT2D eigenvalue weighted by molar-refractivity contribution is 5.61. The first-order valence-electron chi connectivity index (χ1n) is 6.27. The summed E-state index contributed by atoms with van der Waals surface area (Å²) in [6.07, 6.45) is -0.912. The molecule has 1 fully saturated rings. The molecule has 1 aliphatic carbocycles. The van der Waals surface area contributed by atoms with Gasteiger partial charge in [-0.1, -0.05) is 6.42 Å². The molecule has 20 heavy (non-hydrogen) atoms. The highest BCUT2D eigenvalue weighted by Gasteiger charge is 2.35. The summed E-state index contributed by atoms with van der Waals surface area (Å²) in [5, 5.41) is 13.7. The topological polar surface area (TPSA) is 68.1 Å². The first kappa shape index (κ1) is 14.5. The molecule has 5 nitrogen and oxygen atoms in total. The van der Waals surface area contributed by atoms with E-state index in [9.17, 15) is 23.3 Å². The first-order chi connectivity index (χ1) is 9.29. The summed E-state index contributed by atoms with van der Waals surface area (Å²) in [6.45, 7) is 1.82. The quantitative estimate of drug-likeness (QED) is 0.679. The number of halogens is 3. The molecule has 1 atom stereocenters. The third-order valence-electron chi connectivity index (χ3n) is 3.61. The van der Waals surface area contributed by atoms with Gasteiger partial charge in [0, 0.05) is 6.04 Å². The molecule has 1 aromatic rings. The summed E-state index contributed by atoms with van der Waals surface area (Å²) in [4.78, 5) is 13.2. The Morgan fingerprint density at radius 2 is 2.15 bits per heavy atom. The van der Waals surface area contributed by atoms with Crippen molar-refractivity contribution in [1.29, 1.82) is 0 Å². The average molecular weight is 289 g/mol. The van der Waals surface area contributed by atoms with E-state index in [-0.39, 0.29) is 11.7 Å². The zero-order valence-electron chi connectivity index (χ0n) is 10.8. The van der Waals surface area contributed by atoms with Crippen molar-refractivity contribution in [2.45, 2.75) is 38.4 Å².